The number of non-ortho nitro benzene ring substituents is 1. The van der Waals surface area contributed by atoms with E-state index < -0.39 is 14.9 Å². The lowest BCUT2D eigenvalue weighted by Gasteiger charge is -2.08. The number of hydrogen-bond donors (Lipinski definition) is 1. The van der Waals surface area contributed by atoms with E-state index in [0.717, 1.165) is 23.3 Å². The van der Waals surface area contributed by atoms with Crippen LogP contribution in [0.15, 0.2) is 65.6 Å². The molecule has 1 N–H and O–H groups in total. The van der Waals surface area contributed by atoms with E-state index in [1.807, 2.05) is 31.2 Å². The number of benzene rings is 2. The standard InChI is InChI=1S/C19H18N4O5S/c1-14-2-4-15(5-3-14)18-10-11-19(22-21-18)28-13-12-20-29(26,27)17-8-6-16(7-9-17)23(24)25/h2-11,20H,12-13H2,1H3. The van der Waals surface area contributed by atoms with Crippen LogP contribution in [-0.2, 0) is 10.0 Å². The minimum Gasteiger partial charge on any atom is -0.475 e. The fourth-order valence-electron chi connectivity index (χ4n) is 2.44. The van der Waals surface area contributed by atoms with Gasteiger partial charge in [0.2, 0.25) is 15.9 Å². The summed E-state index contributed by atoms with van der Waals surface area (Å²) < 4.78 is 32.1. The Morgan fingerprint density at radius 1 is 1.00 bits per heavy atom. The monoisotopic (exact) mass is 414 g/mol. The molecule has 0 saturated carbocycles. The molecule has 1 heterocycles. The van der Waals surface area contributed by atoms with Crippen LogP contribution in [0.1, 0.15) is 5.56 Å². The van der Waals surface area contributed by atoms with Crippen LogP contribution in [0.5, 0.6) is 5.88 Å². The normalized spacial score (nSPS) is 11.2. The van der Waals surface area contributed by atoms with Gasteiger partial charge in [0.25, 0.3) is 5.69 Å². The summed E-state index contributed by atoms with van der Waals surface area (Å²) in [5.74, 6) is 0.274. The maximum absolute atomic E-state index is 12.2. The number of aromatic nitrogens is 2. The lowest BCUT2D eigenvalue weighted by atomic mass is 10.1. The van der Waals surface area contributed by atoms with Crippen molar-refractivity contribution in [2.75, 3.05) is 13.2 Å². The summed E-state index contributed by atoms with van der Waals surface area (Å²) in [6.07, 6.45) is 0. The first-order valence-electron chi connectivity index (χ1n) is 8.63. The van der Waals surface area contributed by atoms with Crippen LogP contribution in [0, 0.1) is 17.0 Å². The molecule has 9 nitrogen and oxygen atoms in total. The van der Waals surface area contributed by atoms with Crippen LogP contribution in [0.25, 0.3) is 11.3 Å². The van der Waals surface area contributed by atoms with Crippen LogP contribution >= 0.6 is 0 Å². The van der Waals surface area contributed by atoms with E-state index in [9.17, 15) is 18.5 Å². The van der Waals surface area contributed by atoms with Gasteiger partial charge in [-0.25, -0.2) is 13.1 Å². The molecule has 0 radical (unpaired) electrons. The van der Waals surface area contributed by atoms with Crippen LogP contribution in [-0.4, -0.2) is 36.7 Å². The molecule has 0 amide bonds. The fraction of sp³-hybridized carbons (Fsp3) is 0.158. The largest absolute Gasteiger partial charge is 0.475 e. The van der Waals surface area contributed by atoms with Crippen molar-refractivity contribution in [3.05, 3.63) is 76.3 Å². The summed E-state index contributed by atoms with van der Waals surface area (Å²) in [6.45, 7) is 2.05. The van der Waals surface area contributed by atoms with Gasteiger partial charge in [-0.2, -0.15) is 0 Å². The number of nitro groups is 1. The number of hydrogen-bond acceptors (Lipinski definition) is 7. The molecule has 150 valence electrons. The third-order valence-corrected chi connectivity index (χ3v) is 5.47. The molecular weight excluding hydrogens is 396 g/mol. The maximum Gasteiger partial charge on any atom is 0.269 e. The first kappa shape index (κ1) is 20.4. The molecule has 1 aromatic heterocycles. The number of nitrogens with one attached hydrogen (secondary N) is 1. The Morgan fingerprint density at radius 3 is 2.28 bits per heavy atom. The zero-order valence-corrected chi connectivity index (χ0v) is 16.3. The van der Waals surface area contributed by atoms with Crippen molar-refractivity contribution >= 4 is 15.7 Å². The number of nitro benzene ring substituents is 1. The van der Waals surface area contributed by atoms with Gasteiger partial charge in [-0.05, 0) is 25.1 Å². The first-order valence-corrected chi connectivity index (χ1v) is 10.1. The van der Waals surface area contributed by atoms with Crippen molar-refractivity contribution < 1.29 is 18.1 Å². The Kier molecular flexibility index (Phi) is 6.15. The molecule has 0 unspecified atom stereocenters. The molecular formula is C19H18N4O5S. The van der Waals surface area contributed by atoms with Crippen molar-refractivity contribution in [3.63, 3.8) is 0 Å². The molecule has 0 aliphatic rings. The van der Waals surface area contributed by atoms with Gasteiger partial charge in [0.15, 0.2) is 0 Å². The Balaban J connectivity index is 1.52. The Hall–Kier alpha value is -3.37. The average molecular weight is 414 g/mol. The zero-order chi connectivity index (χ0) is 20.9. The first-order chi connectivity index (χ1) is 13.8. The highest BCUT2D eigenvalue weighted by molar-refractivity contribution is 7.89. The molecule has 29 heavy (non-hydrogen) atoms. The highest BCUT2D eigenvalue weighted by Crippen LogP contribution is 2.18. The number of aryl methyl sites for hydroxylation is 1. The third-order valence-electron chi connectivity index (χ3n) is 3.99. The number of rotatable bonds is 8. The summed E-state index contributed by atoms with van der Waals surface area (Å²) in [6, 6.07) is 15.9. The van der Waals surface area contributed by atoms with Gasteiger partial charge >= 0.3 is 0 Å². The average Bonchev–Trinajstić information content (AvgIpc) is 2.72. The van der Waals surface area contributed by atoms with Crippen LogP contribution < -0.4 is 9.46 Å². The van der Waals surface area contributed by atoms with Crippen LogP contribution in [0.4, 0.5) is 5.69 Å². The molecule has 0 fully saturated rings. The minimum atomic E-state index is -3.79. The smallest absolute Gasteiger partial charge is 0.269 e. The molecule has 0 saturated heterocycles. The summed E-state index contributed by atoms with van der Waals surface area (Å²) in [7, 11) is -3.79. The Labute approximate surface area is 167 Å². The summed E-state index contributed by atoms with van der Waals surface area (Å²) >= 11 is 0. The fourth-order valence-corrected chi connectivity index (χ4v) is 3.45. The second-order valence-electron chi connectivity index (χ2n) is 6.12. The molecule has 0 spiro atoms. The van der Waals surface area contributed by atoms with Gasteiger partial charge in [0, 0.05) is 30.3 Å². The van der Waals surface area contributed by atoms with E-state index in [2.05, 4.69) is 14.9 Å². The second kappa shape index (κ2) is 8.76. The number of ether oxygens (including phenoxy) is 1. The molecule has 2 aromatic carbocycles. The molecule has 10 heteroatoms. The molecule has 0 bridgehead atoms. The van der Waals surface area contributed by atoms with Gasteiger partial charge < -0.3 is 4.74 Å². The van der Waals surface area contributed by atoms with Crippen molar-refractivity contribution in [3.8, 4) is 17.1 Å². The van der Waals surface area contributed by atoms with E-state index in [4.69, 9.17) is 4.74 Å². The SMILES string of the molecule is Cc1ccc(-c2ccc(OCCNS(=O)(=O)c3ccc([N+](=O)[O-])cc3)nn2)cc1. The van der Waals surface area contributed by atoms with E-state index in [1.165, 1.54) is 12.1 Å². The quantitative estimate of drug-likeness (QED) is 0.341. The van der Waals surface area contributed by atoms with Crippen molar-refractivity contribution in [2.45, 2.75) is 11.8 Å². The van der Waals surface area contributed by atoms with Gasteiger partial charge in [0.1, 0.15) is 6.61 Å². The summed E-state index contributed by atoms with van der Waals surface area (Å²) in [5.41, 5.74) is 2.61. The van der Waals surface area contributed by atoms with Gasteiger partial charge in [0.05, 0.1) is 15.5 Å². The molecule has 0 atom stereocenters. The molecule has 0 aliphatic carbocycles. The van der Waals surface area contributed by atoms with E-state index in [1.54, 1.807) is 12.1 Å². The number of sulfonamides is 1. The predicted molar refractivity (Wildman–Crippen MR) is 106 cm³/mol. The summed E-state index contributed by atoms with van der Waals surface area (Å²) in [5, 5.41) is 18.7. The van der Waals surface area contributed by atoms with Crippen LogP contribution in [0.3, 0.4) is 0 Å². The molecule has 0 aliphatic heterocycles. The minimum absolute atomic E-state index is 0.000709. The molecule has 3 rings (SSSR count). The zero-order valence-electron chi connectivity index (χ0n) is 15.5. The van der Waals surface area contributed by atoms with E-state index in [0.29, 0.717) is 5.69 Å². The Bertz CT molecular complexity index is 1080. The van der Waals surface area contributed by atoms with Crippen molar-refractivity contribution in [2.24, 2.45) is 0 Å². The Morgan fingerprint density at radius 2 is 1.69 bits per heavy atom. The van der Waals surface area contributed by atoms with Crippen molar-refractivity contribution in [1.29, 1.82) is 0 Å². The maximum atomic E-state index is 12.2. The van der Waals surface area contributed by atoms with Crippen LogP contribution in [0.2, 0.25) is 0 Å². The van der Waals surface area contributed by atoms with E-state index in [-0.39, 0.29) is 29.6 Å². The molecule has 3 aromatic rings. The van der Waals surface area contributed by atoms with Gasteiger partial charge in [-0.15, -0.1) is 10.2 Å². The van der Waals surface area contributed by atoms with E-state index >= 15 is 0 Å². The third kappa shape index (κ3) is 5.33. The van der Waals surface area contributed by atoms with Gasteiger partial charge in [-0.3, -0.25) is 10.1 Å². The van der Waals surface area contributed by atoms with Crippen molar-refractivity contribution in [1.82, 2.24) is 14.9 Å². The highest BCUT2D eigenvalue weighted by atomic mass is 32.2. The van der Waals surface area contributed by atoms with Gasteiger partial charge in [-0.1, -0.05) is 29.8 Å². The summed E-state index contributed by atoms with van der Waals surface area (Å²) in [4.78, 5) is 9.98. The predicted octanol–water partition coefficient (Wildman–Crippen LogP) is 2.72. The lowest BCUT2D eigenvalue weighted by Crippen LogP contribution is -2.28. The number of nitrogens with zero attached hydrogens (tertiary/aromatic N) is 3. The lowest BCUT2D eigenvalue weighted by molar-refractivity contribution is -0.384. The second-order valence-corrected chi connectivity index (χ2v) is 7.89. The highest BCUT2D eigenvalue weighted by Gasteiger charge is 2.15. The topological polar surface area (TPSA) is 124 Å².